The van der Waals surface area contributed by atoms with E-state index in [1.807, 2.05) is 6.92 Å². The Morgan fingerprint density at radius 1 is 1.71 bits per heavy atom. The molecule has 0 aromatic heterocycles. The van der Waals surface area contributed by atoms with Crippen molar-refractivity contribution in [2.45, 2.75) is 26.7 Å². The Kier molecular flexibility index (Phi) is 9.58. The fourth-order valence-corrected chi connectivity index (χ4v) is 0.352. The summed E-state index contributed by atoms with van der Waals surface area (Å²) < 4.78 is 0. The van der Waals surface area contributed by atoms with Crippen molar-refractivity contribution in [3.05, 3.63) is 0 Å². The molecule has 0 aliphatic carbocycles. The maximum atomic E-state index is 10.0. The molecule has 0 radical (unpaired) electrons. The first-order chi connectivity index (χ1) is 2.77. The predicted molar refractivity (Wildman–Crippen MR) is 33.6 cm³/mol. The molecule has 0 aliphatic rings. The standard InChI is InChI=1S/C5H10O.Mg.2H/c1-3-4-5(2)6;;;/h3-4H2,1-2H3;;;/q;+2;2*-1. The smallest absolute Gasteiger partial charge is 1.00 e. The van der Waals surface area contributed by atoms with Crippen molar-refractivity contribution in [1.82, 2.24) is 0 Å². The number of carbonyl (C=O) groups excluding carboxylic acids is 1. The van der Waals surface area contributed by atoms with Crippen LogP contribution in [0.3, 0.4) is 0 Å². The molecule has 0 saturated heterocycles. The number of Topliss-reactive ketones (excluding diaryl/α,β-unsaturated/α-hetero) is 1. The molecule has 7 heavy (non-hydrogen) atoms. The van der Waals surface area contributed by atoms with Gasteiger partial charge >= 0.3 is 23.1 Å². The molecule has 0 atom stereocenters. The van der Waals surface area contributed by atoms with E-state index in [1.165, 1.54) is 0 Å². The molecule has 0 bridgehead atoms. The first-order valence-corrected chi connectivity index (χ1v) is 2.26. The van der Waals surface area contributed by atoms with Gasteiger partial charge in [-0.15, -0.1) is 0 Å². The molecule has 0 spiro atoms. The molecular weight excluding hydrogens is 100 g/mol. The number of carbonyl (C=O) groups is 1. The fraction of sp³-hybridized carbons (Fsp3) is 0.800. The summed E-state index contributed by atoms with van der Waals surface area (Å²) in [4.78, 5) is 10.0. The third-order valence-corrected chi connectivity index (χ3v) is 0.602. The van der Waals surface area contributed by atoms with Gasteiger partial charge in [-0.25, -0.2) is 0 Å². The van der Waals surface area contributed by atoms with Crippen molar-refractivity contribution in [3.8, 4) is 0 Å². The van der Waals surface area contributed by atoms with E-state index < -0.39 is 0 Å². The van der Waals surface area contributed by atoms with Gasteiger partial charge in [0.2, 0.25) is 0 Å². The van der Waals surface area contributed by atoms with Crippen LogP contribution in [0.15, 0.2) is 0 Å². The molecule has 0 saturated carbocycles. The van der Waals surface area contributed by atoms with Gasteiger partial charge in [0, 0.05) is 6.42 Å². The second kappa shape index (κ2) is 6.44. The van der Waals surface area contributed by atoms with Crippen molar-refractivity contribution >= 4 is 28.8 Å². The summed E-state index contributed by atoms with van der Waals surface area (Å²) in [6, 6.07) is 0. The molecule has 0 heterocycles. The van der Waals surface area contributed by atoms with Gasteiger partial charge in [0.25, 0.3) is 0 Å². The number of hydrogen-bond donors (Lipinski definition) is 0. The van der Waals surface area contributed by atoms with Crippen molar-refractivity contribution in [2.24, 2.45) is 0 Å². The van der Waals surface area contributed by atoms with Crippen LogP contribution in [0, 0.1) is 0 Å². The van der Waals surface area contributed by atoms with Gasteiger partial charge in [-0.3, -0.25) is 0 Å². The third-order valence-electron chi connectivity index (χ3n) is 0.602. The zero-order valence-electron chi connectivity index (χ0n) is 7.03. The van der Waals surface area contributed by atoms with E-state index in [-0.39, 0.29) is 31.7 Å². The minimum atomic E-state index is 0. The first kappa shape index (κ1) is 10.4. The average Bonchev–Trinajstić information content (AvgIpc) is 1.35. The van der Waals surface area contributed by atoms with Crippen LogP contribution in [-0.4, -0.2) is 28.8 Å². The summed E-state index contributed by atoms with van der Waals surface area (Å²) in [6.45, 7) is 3.62. The van der Waals surface area contributed by atoms with Crippen molar-refractivity contribution < 1.29 is 7.65 Å². The number of ketones is 1. The number of rotatable bonds is 2. The van der Waals surface area contributed by atoms with Crippen LogP contribution in [0.4, 0.5) is 0 Å². The van der Waals surface area contributed by atoms with Crippen LogP contribution in [0.5, 0.6) is 0 Å². The number of hydrogen-bond acceptors (Lipinski definition) is 1. The van der Waals surface area contributed by atoms with Crippen LogP contribution in [-0.2, 0) is 4.79 Å². The zero-order chi connectivity index (χ0) is 4.99. The van der Waals surface area contributed by atoms with Gasteiger partial charge in [0.05, 0.1) is 0 Å². The molecule has 0 fully saturated rings. The second-order valence-corrected chi connectivity index (χ2v) is 1.45. The third kappa shape index (κ3) is 10.7. The molecule has 0 aliphatic heterocycles. The summed E-state index contributed by atoms with van der Waals surface area (Å²) in [5, 5.41) is 0. The largest absolute Gasteiger partial charge is 2.00 e. The van der Waals surface area contributed by atoms with E-state index in [0.29, 0.717) is 0 Å². The molecule has 0 unspecified atom stereocenters. The van der Waals surface area contributed by atoms with Crippen molar-refractivity contribution in [3.63, 3.8) is 0 Å². The van der Waals surface area contributed by atoms with E-state index in [4.69, 9.17) is 0 Å². The van der Waals surface area contributed by atoms with Crippen LogP contribution in [0.2, 0.25) is 0 Å². The Balaban J connectivity index is -0.0000000417. The summed E-state index contributed by atoms with van der Waals surface area (Å²) >= 11 is 0. The van der Waals surface area contributed by atoms with E-state index in [0.717, 1.165) is 12.8 Å². The summed E-state index contributed by atoms with van der Waals surface area (Å²) in [5.41, 5.74) is 0. The van der Waals surface area contributed by atoms with Crippen LogP contribution in [0.1, 0.15) is 29.5 Å². The van der Waals surface area contributed by atoms with Gasteiger partial charge < -0.3 is 7.65 Å². The second-order valence-electron chi connectivity index (χ2n) is 1.45. The first-order valence-electron chi connectivity index (χ1n) is 2.26. The van der Waals surface area contributed by atoms with Crippen molar-refractivity contribution in [2.75, 3.05) is 0 Å². The van der Waals surface area contributed by atoms with Gasteiger partial charge in [0.15, 0.2) is 0 Å². The predicted octanol–water partition coefficient (Wildman–Crippen LogP) is 1.22. The monoisotopic (exact) mass is 112 g/mol. The van der Waals surface area contributed by atoms with E-state index in [2.05, 4.69) is 0 Å². The molecule has 0 aromatic carbocycles. The molecule has 1 nitrogen and oxygen atoms in total. The Labute approximate surface area is 63.6 Å². The Bertz CT molecular complexity index is 58.9. The van der Waals surface area contributed by atoms with Crippen molar-refractivity contribution in [1.29, 1.82) is 0 Å². The molecule has 0 amide bonds. The Morgan fingerprint density at radius 3 is 2.14 bits per heavy atom. The van der Waals surface area contributed by atoms with E-state index >= 15 is 0 Å². The molecule has 0 rings (SSSR count). The van der Waals surface area contributed by atoms with Crippen LogP contribution < -0.4 is 0 Å². The summed E-state index contributed by atoms with van der Waals surface area (Å²) in [6.07, 6.45) is 1.72. The van der Waals surface area contributed by atoms with Gasteiger partial charge in [-0.05, 0) is 13.3 Å². The topological polar surface area (TPSA) is 17.1 Å². The van der Waals surface area contributed by atoms with Crippen LogP contribution in [0.25, 0.3) is 0 Å². The fourth-order valence-electron chi connectivity index (χ4n) is 0.352. The summed E-state index contributed by atoms with van der Waals surface area (Å²) in [5.74, 6) is 0.289. The maximum Gasteiger partial charge on any atom is 2.00 e. The van der Waals surface area contributed by atoms with E-state index in [9.17, 15) is 4.79 Å². The van der Waals surface area contributed by atoms with E-state index in [1.54, 1.807) is 6.92 Å². The average molecular weight is 112 g/mol. The Morgan fingerprint density at radius 2 is 2.14 bits per heavy atom. The maximum absolute atomic E-state index is 10.0. The minimum absolute atomic E-state index is 0. The van der Waals surface area contributed by atoms with Crippen LogP contribution >= 0.6 is 0 Å². The molecular formula is C5H12MgO. The van der Waals surface area contributed by atoms with Gasteiger partial charge in [0.1, 0.15) is 5.78 Å². The quantitative estimate of drug-likeness (QED) is 0.491. The molecule has 0 N–H and O–H groups in total. The molecule has 0 aromatic rings. The summed E-state index contributed by atoms with van der Waals surface area (Å²) in [7, 11) is 0. The molecule has 40 valence electrons. The Hall–Kier alpha value is 0.436. The normalized spacial score (nSPS) is 7.14. The molecule has 2 heteroatoms. The van der Waals surface area contributed by atoms with Gasteiger partial charge in [-0.2, -0.15) is 0 Å². The SMILES string of the molecule is CCCC(C)=O.[H-].[H-].[Mg+2]. The minimum Gasteiger partial charge on any atom is -1.00 e. The zero-order valence-corrected chi connectivity index (χ0v) is 6.44. The van der Waals surface area contributed by atoms with Gasteiger partial charge in [-0.1, -0.05) is 6.92 Å².